The van der Waals surface area contributed by atoms with Crippen molar-refractivity contribution in [2.24, 2.45) is 0 Å². The van der Waals surface area contributed by atoms with E-state index in [0.29, 0.717) is 0 Å². The van der Waals surface area contributed by atoms with Gasteiger partial charge in [0.25, 0.3) is 15.9 Å². The lowest BCUT2D eigenvalue weighted by atomic mass is 10.2. The molecule has 0 saturated heterocycles. The quantitative estimate of drug-likeness (QED) is 0.384. The maximum Gasteiger partial charge on any atom is 0.261 e. The monoisotopic (exact) mass is 551 g/mol. The number of benzene rings is 3. The van der Waals surface area contributed by atoms with Crippen LogP contribution in [0.1, 0.15) is 24.2 Å². The third-order valence-electron chi connectivity index (χ3n) is 5.29. The largest absolute Gasteiger partial charge is 0.495 e. The second kappa shape index (κ2) is 11.3. The van der Waals surface area contributed by atoms with Crippen LogP contribution in [0, 0.1) is 0 Å². The van der Waals surface area contributed by atoms with Gasteiger partial charge in [0.05, 0.1) is 33.3 Å². The molecule has 9 nitrogen and oxygen atoms in total. The van der Waals surface area contributed by atoms with Gasteiger partial charge in [0.1, 0.15) is 5.75 Å². The van der Waals surface area contributed by atoms with Gasteiger partial charge in [-0.05, 0) is 48.5 Å². The predicted octanol–water partition coefficient (Wildman–Crippen LogP) is 4.43. The van der Waals surface area contributed by atoms with Crippen LogP contribution in [-0.2, 0) is 20.0 Å². The molecule has 0 atom stereocenters. The van der Waals surface area contributed by atoms with E-state index >= 15 is 0 Å². The van der Waals surface area contributed by atoms with E-state index in [1.54, 1.807) is 32.0 Å². The summed E-state index contributed by atoms with van der Waals surface area (Å²) >= 11 is 6.05. The zero-order valence-corrected chi connectivity index (χ0v) is 22.2. The number of amides is 1. The first-order chi connectivity index (χ1) is 17.0. The number of hydrogen-bond donors (Lipinski definition) is 2. The summed E-state index contributed by atoms with van der Waals surface area (Å²) in [5.74, 6) is -0.411. The average Bonchev–Trinajstić information content (AvgIpc) is 2.86. The number of methoxy groups -OCH3 is 1. The Morgan fingerprint density at radius 3 is 2.22 bits per heavy atom. The smallest absolute Gasteiger partial charge is 0.261 e. The Bertz CT molecular complexity index is 1470. The highest BCUT2D eigenvalue weighted by molar-refractivity contribution is 7.92. The highest BCUT2D eigenvalue weighted by Crippen LogP contribution is 2.30. The zero-order valence-electron chi connectivity index (χ0n) is 19.9. The third kappa shape index (κ3) is 5.98. The van der Waals surface area contributed by atoms with Crippen molar-refractivity contribution in [2.75, 3.05) is 30.2 Å². The first-order valence-corrected chi connectivity index (χ1v) is 14.2. The topological polar surface area (TPSA) is 122 Å². The molecule has 1 amide bonds. The number of carbonyl (C=O) groups is 1. The van der Waals surface area contributed by atoms with Crippen LogP contribution in [0.15, 0.2) is 76.5 Å². The molecule has 0 fully saturated rings. The van der Waals surface area contributed by atoms with Gasteiger partial charge in [0, 0.05) is 18.7 Å². The highest BCUT2D eigenvalue weighted by Gasteiger charge is 2.24. The third-order valence-corrected chi connectivity index (χ3v) is 9.03. The number of hydrogen-bond acceptors (Lipinski definition) is 6. The molecule has 12 heteroatoms. The summed E-state index contributed by atoms with van der Waals surface area (Å²) in [4.78, 5) is 12.9. The van der Waals surface area contributed by atoms with Gasteiger partial charge in [-0.2, -0.15) is 4.31 Å². The fourth-order valence-corrected chi connectivity index (χ4v) is 6.25. The molecule has 0 aromatic heterocycles. The van der Waals surface area contributed by atoms with Gasteiger partial charge in [0.2, 0.25) is 10.0 Å². The SMILES string of the molecule is CCN(CC)S(=O)(=O)c1ccc(OC)c(NC(=O)c2cccc(S(=O)(=O)Nc3ccccc3Cl)c2)c1. The first-order valence-electron chi connectivity index (χ1n) is 10.9. The molecule has 0 bridgehead atoms. The molecule has 192 valence electrons. The van der Waals surface area contributed by atoms with Crippen molar-refractivity contribution in [3.8, 4) is 5.75 Å². The molecule has 0 spiro atoms. The lowest BCUT2D eigenvalue weighted by Gasteiger charge is -2.19. The van der Waals surface area contributed by atoms with E-state index < -0.39 is 26.0 Å². The van der Waals surface area contributed by atoms with Crippen LogP contribution >= 0.6 is 11.6 Å². The van der Waals surface area contributed by atoms with Gasteiger partial charge >= 0.3 is 0 Å². The highest BCUT2D eigenvalue weighted by atomic mass is 35.5. The molecule has 3 aromatic rings. The Hall–Kier alpha value is -3.12. The van der Waals surface area contributed by atoms with Crippen molar-refractivity contribution < 1.29 is 26.4 Å². The zero-order chi connectivity index (χ0) is 26.5. The molecule has 2 N–H and O–H groups in total. The number of halogens is 1. The van der Waals surface area contributed by atoms with Gasteiger partial charge < -0.3 is 10.1 Å². The van der Waals surface area contributed by atoms with E-state index in [4.69, 9.17) is 16.3 Å². The molecule has 3 aromatic carbocycles. The Balaban J connectivity index is 1.91. The second-order valence-electron chi connectivity index (χ2n) is 7.52. The van der Waals surface area contributed by atoms with E-state index in [-0.39, 0.29) is 50.6 Å². The van der Waals surface area contributed by atoms with Crippen LogP contribution in [0.25, 0.3) is 0 Å². The Morgan fingerprint density at radius 2 is 1.58 bits per heavy atom. The van der Waals surface area contributed by atoms with E-state index in [2.05, 4.69) is 10.0 Å². The second-order valence-corrected chi connectivity index (χ2v) is 11.5. The number of sulfonamides is 2. The minimum Gasteiger partial charge on any atom is -0.495 e. The molecule has 0 unspecified atom stereocenters. The number of nitrogens with one attached hydrogen (secondary N) is 2. The Morgan fingerprint density at radius 1 is 0.889 bits per heavy atom. The number of ether oxygens (including phenoxy) is 1. The summed E-state index contributed by atoms with van der Waals surface area (Å²) in [6, 6.07) is 15.9. The molecule has 0 aliphatic carbocycles. The average molecular weight is 552 g/mol. The normalized spacial score (nSPS) is 11.8. The summed E-state index contributed by atoms with van der Waals surface area (Å²) in [7, 11) is -6.44. The summed E-state index contributed by atoms with van der Waals surface area (Å²) < 4.78 is 60.6. The van der Waals surface area contributed by atoms with Crippen molar-refractivity contribution in [3.05, 3.63) is 77.3 Å². The van der Waals surface area contributed by atoms with Crippen LogP contribution in [-0.4, -0.2) is 47.2 Å². The molecule has 0 heterocycles. The van der Waals surface area contributed by atoms with Crippen LogP contribution in [0.2, 0.25) is 5.02 Å². The van der Waals surface area contributed by atoms with Crippen LogP contribution in [0.3, 0.4) is 0 Å². The lowest BCUT2D eigenvalue weighted by Crippen LogP contribution is -2.30. The van der Waals surface area contributed by atoms with Crippen LogP contribution in [0.4, 0.5) is 11.4 Å². The fraction of sp³-hybridized carbons (Fsp3) is 0.208. The fourth-order valence-electron chi connectivity index (χ4n) is 3.40. The van der Waals surface area contributed by atoms with E-state index in [1.165, 1.54) is 59.9 Å². The van der Waals surface area contributed by atoms with Gasteiger partial charge in [-0.1, -0.05) is 43.6 Å². The number of carbonyl (C=O) groups excluding carboxylic acids is 1. The Kier molecular flexibility index (Phi) is 8.62. The van der Waals surface area contributed by atoms with E-state index in [9.17, 15) is 21.6 Å². The molecular formula is C24H26ClN3O6S2. The predicted molar refractivity (Wildman–Crippen MR) is 140 cm³/mol. The first kappa shape index (κ1) is 27.5. The maximum absolute atomic E-state index is 13.0. The molecule has 0 radical (unpaired) electrons. The minimum atomic E-state index is -4.04. The number of para-hydroxylation sites is 1. The number of rotatable bonds is 10. The molecule has 3 rings (SSSR count). The van der Waals surface area contributed by atoms with Gasteiger partial charge in [-0.3, -0.25) is 9.52 Å². The van der Waals surface area contributed by atoms with Gasteiger partial charge in [-0.25, -0.2) is 16.8 Å². The summed E-state index contributed by atoms with van der Waals surface area (Å²) in [5, 5.41) is 2.84. The van der Waals surface area contributed by atoms with E-state index in [0.717, 1.165) is 0 Å². The summed E-state index contributed by atoms with van der Waals surface area (Å²) in [6.45, 7) is 4.04. The lowest BCUT2D eigenvalue weighted by molar-refractivity contribution is 0.102. The molecule has 0 saturated carbocycles. The van der Waals surface area contributed by atoms with Crippen LogP contribution in [0.5, 0.6) is 5.75 Å². The summed E-state index contributed by atoms with van der Waals surface area (Å²) in [6.07, 6.45) is 0. The van der Waals surface area contributed by atoms with Crippen LogP contribution < -0.4 is 14.8 Å². The van der Waals surface area contributed by atoms with Crippen molar-refractivity contribution in [2.45, 2.75) is 23.6 Å². The van der Waals surface area contributed by atoms with E-state index in [1.807, 2.05) is 0 Å². The Labute approximate surface area is 216 Å². The standard InChI is InChI=1S/C24H26ClN3O6S2/c1-4-28(5-2)36(32,33)19-13-14-23(34-3)22(16-19)26-24(29)17-9-8-10-18(15-17)35(30,31)27-21-12-7-6-11-20(21)25/h6-16,27H,4-5H2,1-3H3,(H,26,29). The van der Waals surface area contributed by atoms with Crippen molar-refractivity contribution >= 4 is 48.9 Å². The number of nitrogens with zero attached hydrogens (tertiary/aromatic N) is 1. The maximum atomic E-state index is 13.0. The van der Waals surface area contributed by atoms with Crippen molar-refractivity contribution in [1.82, 2.24) is 4.31 Å². The van der Waals surface area contributed by atoms with Gasteiger partial charge in [-0.15, -0.1) is 0 Å². The van der Waals surface area contributed by atoms with Crippen molar-refractivity contribution in [1.29, 1.82) is 0 Å². The minimum absolute atomic E-state index is 0.0115. The summed E-state index contributed by atoms with van der Waals surface area (Å²) in [5.41, 5.74) is 0.360. The van der Waals surface area contributed by atoms with Gasteiger partial charge in [0.15, 0.2) is 0 Å². The molecule has 0 aliphatic heterocycles. The van der Waals surface area contributed by atoms with Crippen molar-refractivity contribution in [3.63, 3.8) is 0 Å². The molecular weight excluding hydrogens is 526 g/mol. The molecule has 36 heavy (non-hydrogen) atoms. The molecule has 0 aliphatic rings. The number of anilines is 2.